The third-order valence-corrected chi connectivity index (χ3v) is 3.12. The molecule has 0 aliphatic heterocycles. The molecule has 112 valence electrons. The van der Waals surface area contributed by atoms with Crippen LogP contribution in [0.15, 0.2) is 41.5 Å². The Morgan fingerprint density at radius 1 is 1.33 bits per heavy atom. The summed E-state index contributed by atoms with van der Waals surface area (Å²) in [5.74, 6) is 0.170. The fraction of sp³-hybridized carbons (Fsp3) is 0.333. The first-order valence-electron chi connectivity index (χ1n) is 6.90. The molecule has 1 amide bonds. The van der Waals surface area contributed by atoms with E-state index in [9.17, 15) is 9.59 Å². The van der Waals surface area contributed by atoms with Crippen LogP contribution in [0, 0.1) is 5.92 Å². The lowest BCUT2D eigenvalue weighted by molar-refractivity contribution is -0.117. The largest absolute Gasteiger partial charge is 0.330 e. The van der Waals surface area contributed by atoms with Gasteiger partial charge in [-0.3, -0.25) is 9.36 Å². The lowest BCUT2D eigenvalue weighted by atomic mass is 10.0. The minimum atomic E-state index is -0.517. The van der Waals surface area contributed by atoms with Gasteiger partial charge in [0.2, 0.25) is 5.91 Å². The minimum absolute atomic E-state index is 0.199. The van der Waals surface area contributed by atoms with Gasteiger partial charge in [0.05, 0.1) is 11.7 Å². The Morgan fingerprint density at radius 3 is 2.52 bits per heavy atom. The molecule has 0 saturated carbocycles. The number of carbonyl (C=O) groups is 1. The van der Waals surface area contributed by atoms with Crippen LogP contribution in [-0.2, 0) is 4.79 Å². The summed E-state index contributed by atoms with van der Waals surface area (Å²) < 4.78 is 1.48. The highest BCUT2D eigenvalue weighted by Crippen LogP contribution is 2.13. The maximum atomic E-state index is 11.9. The Hall–Kier alpha value is -2.34. The Kier molecular flexibility index (Phi) is 4.59. The number of nitrogens with zero attached hydrogens (tertiary/aromatic N) is 1. The summed E-state index contributed by atoms with van der Waals surface area (Å²) in [6, 6.07) is 6.50. The Balaban J connectivity index is 2.05. The van der Waals surface area contributed by atoms with Crippen LogP contribution in [-0.4, -0.2) is 21.5 Å². The predicted molar refractivity (Wildman–Crippen MR) is 82.4 cm³/mol. The standard InChI is InChI=1S/C15H20N4O2/c1-10(2)9-13(16)14(20)18-11-3-5-12(6-4-11)19-8-7-17-15(19)21/h3-8,10,13H,9,16H2,1-2H3,(H,17,21)(H,18,20)/t13-/m0/s1. The average Bonchev–Trinajstić information content (AvgIpc) is 2.85. The zero-order chi connectivity index (χ0) is 15.4. The Labute approximate surface area is 123 Å². The van der Waals surface area contributed by atoms with E-state index in [1.165, 1.54) is 4.57 Å². The first-order valence-corrected chi connectivity index (χ1v) is 6.90. The second-order valence-corrected chi connectivity index (χ2v) is 5.41. The van der Waals surface area contributed by atoms with Gasteiger partial charge in [-0.05, 0) is 36.6 Å². The van der Waals surface area contributed by atoms with Crippen LogP contribution < -0.4 is 16.7 Å². The van der Waals surface area contributed by atoms with E-state index in [1.807, 2.05) is 13.8 Å². The quantitative estimate of drug-likeness (QED) is 0.778. The van der Waals surface area contributed by atoms with Gasteiger partial charge >= 0.3 is 5.69 Å². The van der Waals surface area contributed by atoms with Gasteiger partial charge in [-0.2, -0.15) is 0 Å². The predicted octanol–water partition coefficient (Wildman–Crippen LogP) is 1.48. The van der Waals surface area contributed by atoms with E-state index in [1.54, 1.807) is 36.7 Å². The number of aromatic nitrogens is 2. The Bertz CT molecular complexity index is 655. The Morgan fingerprint density at radius 2 is 2.00 bits per heavy atom. The van der Waals surface area contributed by atoms with E-state index in [0.29, 0.717) is 18.0 Å². The van der Waals surface area contributed by atoms with Crippen molar-refractivity contribution >= 4 is 11.6 Å². The normalized spacial score (nSPS) is 12.4. The topological polar surface area (TPSA) is 92.9 Å². The van der Waals surface area contributed by atoms with Crippen LogP contribution in [0.4, 0.5) is 5.69 Å². The number of amides is 1. The fourth-order valence-corrected chi connectivity index (χ4v) is 2.08. The monoisotopic (exact) mass is 288 g/mol. The number of carbonyl (C=O) groups excluding carboxylic acids is 1. The van der Waals surface area contributed by atoms with Crippen molar-refractivity contribution in [3.8, 4) is 5.69 Å². The second kappa shape index (κ2) is 6.41. The number of H-pyrrole nitrogens is 1. The van der Waals surface area contributed by atoms with Crippen LogP contribution >= 0.6 is 0 Å². The molecule has 1 aromatic carbocycles. The first-order chi connectivity index (χ1) is 9.97. The van der Waals surface area contributed by atoms with Crippen LogP contribution in [0.5, 0.6) is 0 Å². The van der Waals surface area contributed by atoms with Crippen molar-refractivity contribution in [3.63, 3.8) is 0 Å². The molecule has 0 fully saturated rings. The minimum Gasteiger partial charge on any atom is -0.325 e. The highest BCUT2D eigenvalue weighted by molar-refractivity contribution is 5.94. The first kappa shape index (κ1) is 15.1. The summed E-state index contributed by atoms with van der Waals surface area (Å²) in [4.78, 5) is 26.0. The molecule has 0 aliphatic carbocycles. The molecule has 4 N–H and O–H groups in total. The summed E-state index contributed by atoms with van der Waals surface area (Å²) in [5.41, 5.74) is 7.01. The molecule has 0 saturated heterocycles. The molecule has 6 nitrogen and oxygen atoms in total. The molecule has 6 heteroatoms. The van der Waals surface area contributed by atoms with Gasteiger partial charge in [0.15, 0.2) is 0 Å². The summed E-state index contributed by atoms with van der Waals surface area (Å²) in [6.07, 6.45) is 3.86. The molecular weight excluding hydrogens is 268 g/mol. The molecule has 1 atom stereocenters. The van der Waals surface area contributed by atoms with Crippen LogP contribution in [0.3, 0.4) is 0 Å². The number of anilines is 1. The van der Waals surface area contributed by atoms with Crippen molar-refractivity contribution < 1.29 is 4.79 Å². The number of aromatic amines is 1. The molecule has 2 aromatic rings. The molecule has 0 radical (unpaired) electrons. The van der Waals surface area contributed by atoms with Crippen molar-refractivity contribution in [3.05, 3.63) is 47.1 Å². The van der Waals surface area contributed by atoms with E-state index >= 15 is 0 Å². The molecular formula is C15H20N4O2. The molecule has 2 rings (SSSR count). The van der Waals surface area contributed by atoms with Gasteiger partial charge in [0, 0.05) is 18.1 Å². The summed E-state index contributed by atoms with van der Waals surface area (Å²) in [7, 11) is 0. The second-order valence-electron chi connectivity index (χ2n) is 5.41. The van der Waals surface area contributed by atoms with Crippen molar-refractivity contribution in [2.75, 3.05) is 5.32 Å². The van der Waals surface area contributed by atoms with Gasteiger partial charge in [0.25, 0.3) is 0 Å². The van der Waals surface area contributed by atoms with Crippen molar-refractivity contribution in [2.24, 2.45) is 11.7 Å². The van der Waals surface area contributed by atoms with Gasteiger partial charge in [0.1, 0.15) is 0 Å². The molecule has 1 heterocycles. The zero-order valence-electron chi connectivity index (χ0n) is 12.2. The van der Waals surface area contributed by atoms with Gasteiger partial charge in [-0.1, -0.05) is 13.8 Å². The molecule has 0 bridgehead atoms. The molecule has 21 heavy (non-hydrogen) atoms. The SMILES string of the molecule is CC(C)C[C@H](N)C(=O)Nc1ccc(-n2cc[nH]c2=O)cc1. The highest BCUT2D eigenvalue weighted by atomic mass is 16.2. The third-order valence-electron chi connectivity index (χ3n) is 3.12. The zero-order valence-corrected chi connectivity index (χ0v) is 12.2. The molecule has 0 spiro atoms. The summed E-state index contributed by atoms with van der Waals surface area (Å²) in [5, 5.41) is 2.78. The van der Waals surface area contributed by atoms with E-state index in [-0.39, 0.29) is 11.6 Å². The average molecular weight is 288 g/mol. The number of benzene rings is 1. The number of nitrogens with one attached hydrogen (secondary N) is 2. The number of hydrogen-bond donors (Lipinski definition) is 3. The summed E-state index contributed by atoms with van der Waals surface area (Å²) in [6.45, 7) is 4.05. The van der Waals surface area contributed by atoms with Crippen molar-refractivity contribution in [1.29, 1.82) is 0 Å². The lowest BCUT2D eigenvalue weighted by Crippen LogP contribution is -2.36. The maximum absolute atomic E-state index is 11.9. The van der Waals surface area contributed by atoms with Crippen LogP contribution in [0.2, 0.25) is 0 Å². The van der Waals surface area contributed by atoms with Crippen molar-refractivity contribution in [1.82, 2.24) is 9.55 Å². The van der Waals surface area contributed by atoms with E-state index in [0.717, 1.165) is 5.69 Å². The molecule has 0 aliphatic rings. The van der Waals surface area contributed by atoms with E-state index < -0.39 is 6.04 Å². The number of nitrogens with two attached hydrogens (primary N) is 1. The van der Waals surface area contributed by atoms with E-state index in [2.05, 4.69) is 10.3 Å². The van der Waals surface area contributed by atoms with Gasteiger partial charge in [-0.15, -0.1) is 0 Å². The van der Waals surface area contributed by atoms with Gasteiger partial charge in [-0.25, -0.2) is 4.79 Å². The van der Waals surface area contributed by atoms with Crippen LogP contribution in [0.25, 0.3) is 5.69 Å². The smallest absolute Gasteiger partial charge is 0.325 e. The fourth-order valence-electron chi connectivity index (χ4n) is 2.08. The number of rotatable bonds is 5. The third kappa shape index (κ3) is 3.82. The van der Waals surface area contributed by atoms with Gasteiger partial charge < -0.3 is 16.0 Å². The number of imidazole rings is 1. The highest BCUT2D eigenvalue weighted by Gasteiger charge is 2.14. The van der Waals surface area contributed by atoms with E-state index in [4.69, 9.17) is 5.73 Å². The maximum Gasteiger partial charge on any atom is 0.330 e. The van der Waals surface area contributed by atoms with Crippen molar-refractivity contribution in [2.45, 2.75) is 26.3 Å². The lowest BCUT2D eigenvalue weighted by Gasteiger charge is -2.14. The number of hydrogen-bond acceptors (Lipinski definition) is 3. The summed E-state index contributed by atoms with van der Waals surface area (Å²) >= 11 is 0. The molecule has 0 unspecified atom stereocenters. The van der Waals surface area contributed by atoms with Crippen LogP contribution in [0.1, 0.15) is 20.3 Å². The molecule has 1 aromatic heterocycles.